The number of amides is 1. The molecule has 4 nitrogen and oxygen atoms in total. The molecule has 0 spiro atoms. The van der Waals surface area contributed by atoms with Gasteiger partial charge in [0, 0.05) is 11.3 Å². The summed E-state index contributed by atoms with van der Waals surface area (Å²) >= 11 is 1.58. The monoisotopic (exact) mass is 371 g/mol. The molecule has 1 N–H and O–H groups in total. The molecule has 0 radical (unpaired) electrons. The number of hydrogen-bond donors (Lipinski definition) is 1. The van der Waals surface area contributed by atoms with Crippen molar-refractivity contribution in [1.29, 1.82) is 0 Å². The lowest BCUT2D eigenvalue weighted by Gasteiger charge is -2.10. The third-order valence-corrected chi connectivity index (χ3v) is 4.89. The zero-order valence-corrected chi connectivity index (χ0v) is 16.3. The minimum absolute atomic E-state index is 0.0153. The van der Waals surface area contributed by atoms with E-state index in [1.807, 2.05) is 13.0 Å². The summed E-state index contributed by atoms with van der Waals surface area (Å²) in [5, 5.41) is 2.84. The van der Waals surface area contributed by atoms with E-state index >= 15 is 0 Å². The van der Waals surface area contributed by atoms with Gasteiger partial charge in [-0.2, -0.15) is 11.8 Å². The molecule has 0 aliphatic heterocycles. The van der Waals surface area contributed by atoms with Crippen molar-refractivity contribution in [2.24, 2.45) is 0 Å². The number of thioether (sulfide) groups is 1. The van der Waals surface area contributed by atoms with E-state index in [0.29, 0.717) is 23.6 Å². The number of ketones is 1. The lowest BCUT2D eigenvalue weighted by molar-refractivity contribution is -0.113. The maximum Gasteiger partial charge on any atom is 0.234 e. The lowest BCUT2D eigenvalue weighted by atomic mass is 10.1. The molecule has 2 aromatic rings. The number of Topliss-reactive ketones (excluding diaryl/α,β-unsaturated/α-hetero) is 1. The van der Waals surface area contributed by atoms with Crippen LogP contribution in [0.5, 0.6) is 5.75 Å². The van der Waals surface area contributed by atoms with Gasteiger partial charge in [0.1, 0.15) is 5.75 Å². The number of anilines is 1. The summed E-state index contributed by atoms with van der Waals surface area (Å²) in [6, 6.07) is 13.1. The highest BCUT2D eigenvalue weighted by molar-refractivity contribution is 7.99. The zero-order valence-electron chi connectivity index (χ0n) is 15.5. The second-order valence-electron chi connectivity index (χ2n) is 6.21. The number of rotatable bonds is 9. The van der Waals surface area contributed by atoms with E-state index < -0.39 is 0 Å². The molecule has 138 valence electrons. The van der Waals surface area contributed by atoms with Crippen LogP contribution in [0, 0.1) is 13.8 Å². The zero-order chi connectivity index (χ0) is 18.9. The molecule has 0 atom stereocenters. The molecule has 0 bridgehead atoms. The maximum absolute atomic E-state index is 11.9. The highest BCUT2D eigenvalue weighted by Crippen LogP contribution is 2.19. The predicted molar refractivity (Wildman–Crippen MR) is 108 cm³/mol. The Labute approximate surface area is 159 Å². The Morgan fingerprint density at radius 3 is 2.50 bits per heavy atom. The molecule has 0 aromatic heterocycles. The molecule has 0 unspecified atom stereocenters. The Morgan fingerprint density at radius 1 is 1.08 bits per heavy atom. The van der Waals surface area contributed by atoms with E-state index in [9.17, 15) is 9.59 Å². The van der Waals surface area contributed by atoms with E-state index in [0.717, 1.165) is 23.5 Å². The fourth-order valence-corrected chi connectivity index (χ4v) is 3.08. The van der Waals surface area contributed by atoms with Gasteiger partial charge >= 0.3 is 0 Å². The van der Waals surface area contributed by atoms with Gasteiger partial charge in [-0.3, -0.25) is 9.59 Å². The topological polar surface area (TPSA) is 55.4 Å². The third-order valence-electron chi connectivity index (χ3n) is 3.84. The average molecular weight is 372 g/mol. The molecule has 0 heterocycles. The van der Waals surface area contributed by atoms with Crippen molar-refractivity contribution in [3.05, 3.63) is 59.2 Å². The van der Waals surface area contributed by atoms with Gasteiger partial charge in [0.05, 0.1) is 12.4 Å². The van der Waals surface area contributed by atoms with Crippen molar-refractivity contribution in [3.63, 3.8) is 0 Å². The second-order valence-corrected chi connectivity index (χ2v) is 7.31. The summed E-state index contributed by atoms with van der Waals surface area (Å²) < 4.78 is 5.81. The molecule has 1 amide bonds. The number of hydrogen-bond acceptors (Lipinski definition) is 4. The van der Waals surface area contributed by atoms with Crippen molar-refractivity contribution in [2.75, 3.05) is 23.4 Å². The van der Waals surface area contributed by atoms with E-state index in [1.54, 1.807) is 36.0 Å². The summed E-state index contributed by atoms with van der Waals surface area (Å²) in [5.74, 6) is 2.17. The van der Waals surface area contributed by atoms with Crippen LogP contribution in [-0.4, -0.2) is 29.8 Å². The first-order chi connectivity index (χ1) is 12.5. The Kier molecular flexibility index (Phi) is 7.73. The van der Waals surface area contributed by atoms with Crippen LogP contribution in [0.4, 0.5) is 5.69 Å². The number of aryl methyl sites for hydroxylation is 2. The quantitative estimate of drug-likeness (QED) is 0.515. The van der Waals surface area contributed by atoms with Crippen LogP contribution in [0.25, 0.3) is 0 Å². The smallest absolute Gasteiger partial charge is 0.234 e. The minimum atomic E-state index is -0.0407. The Hall–Kier alpha value is -2.27. The molecule has 0 aliphatic carbocycles. The van der Waals surface area contributed by atoms with Crippen LogP contribution in [-0.2, 0) is 4.79 Å². The van der Waals surface area contributed by atoms with Crippen LogP contribution in [0.3, 0.4) is 0 Å². The van der Waals surface area contributed by atoms with Crippen molar-refractivity contribution < 1.29 is 14.3 Å². The van der Waals surface area contributed by atoms with Crippen molar-refractivity contribution in [1.82, 2.24) is 0 Å². The van der Waals surface area contributed by atoms with Gasteiger partial charge in [-0.25, -0.2) is 0 Å². The lowest BCUT2D eigenvalue weighted by Crippen LogP contribution is -2.14. The number of benzene rings is 2. The van der Waals surface area contributed by atoms with E-state index in [2.05, 4.69) is 24.4 Å². The first-order valence-electron chi connectivity index (χ1n) is 8.64. The molecule has 0 saturated heterocycles. The SMILES string of the molecule is CC(=O)c1ccc(NC(=O)CSCCCOc2cc(C)ccc2C)cc1. The Balaban J connectivity index is 1.62. The standard InChI is InChI=1S/C21H25NO3S/c1-15-5-6-16(2)20(13-15)25-11-4-12-26-14-21(24)22-19-9-7-18(8-10-19)17(3)23/h5-10,13H,4,11-12,14H2,1-3H3,(H,22,24). The minimum Gasteiger partial charge on any atom is -0.493 e. The molecular formula is C21H25NO3S. The average Bonchev–Trinajstić information content (AvgIpc) is 2.61. The second kappa shape index (κ2) is 10.0. The van der Waals surface area contributed by atoms with Crippen molar-refractivity contribution in [3.8, 4) is 5.75 Å². The number of carbonyl (C=O) groups is 2. The van der Waals surface area contributed by atoms with Gasteiger partial charge in [0.2, 0.25) is 5.91 Å². The summed E-state index contributed by atoms with van der Waals surface area (Å²) in [6.07, 6.45) is 0.888. The van der Waals surface area contributed by atoms with Crippen LogP contribution < -0.4 is 10.1 Å². The molecule has 0 saturated carbocycles. The number of nitrogens with one attached hydrogen (secondary N) is 1. The van der Waals surface area contributed by atoms with E-state index in [-0.39, 0.29) is 11.7 Å². The van der Waals surface area contributed by atoms with Gasteiger partial charge in [0.25, 0.3) is 0 Å². The first-order valence-corrected chi connectivity index (χ1v) is 9.80. The normalized spacial score (nSPS) is 10.4. The molecule has 5 heteroatoms. The summed E-state index contributed by atoms with van der Waals surface area (Å²) in [6.45, 7) is 6.25. The molecule has 2 aromatic carbocycles. The van der Waals surface area contributed by atoms with Gasteiger partial charge in [0.15, 0.2) is 5.78 Å². The Bertz CT molecular complexity index is 756. The van der Waals surface area contributed by atoms with Crippen LogP contribution in [0.15, 0.2) is 42.5 Å². The summed E-state index contributed by atoms with van der Waals surface area (Å²) in [7, 11) is 0. The predicted octanol–water partition coefficient (Wildman–Crippen LogP) is 4.65. The maximum atomic E-state index is 11.9. The van der Waals surface area contributed by atoms with Gasteiger partial charge < -0.3 is 10.1 Å². The summed E-state index contributed by atoms with van der Waals surface area (Å²) in [4.78, 5) is 23.2. The highest BCUT2D eigenvalue weighted by atomic mass is 32.2. The highest BCUT2D eigenvalue weighted by Gasteiger charge is 2.05. The number of ether oxygens (including phenoxy) is 1. The molecular weight excluding hydrogens is 346 g/mol. The third kappa shape index (κ3) is 6.56. The fourth-order valence-electron chi connectivity index (χ4n) is 2.36. The molecule has 0 aliphatic rings. The largest absolute Gasteiger partial charge is 0.493 e. The number of carbonyl (C=O) groups excluding carboxylic acids is 2. The van der Waals surface area contributed by atoms with E-state index in [1.165, 1.54) is 12.5 Å². The van der Waals surface area contributed by atoms with Crippen LogP contribution in [0.1, 0.15) is 34.8 Å². The van der Waals surface area contributed by atoms with Crippen molar-refractivity contribution >= 4 is 29.1 Å². The molecule has 2 rings (SSSR count). The molecule has 0 fully saturated rings. The van der Waals surface area contributed by atoms with Crippen molar-refractivity contribution in [2.45, 2.75) is 27.2 Å². The fraction of sp³-hybridized carbons (Fsp3) is 0.333. The summed E-state index contributed by atoms with van der Waals surface area (Å²) in [5.41, 5.74) is 3.67. The van der Waals surface area contributed by atoms with Crippen LogP contribution >= 0.6 is 11.8 Å². The van der Waals surface area contributed by atoms with Gasteiger partial charge in [-0.1, -0.05) is 12.1 Å². The Morgan fingerprint density at radius 2 is 1.81 bits per heavy atom. The van der Waals surface area contributed by atoms with Gasteiger partial charge in [-0.05, 0) is 74.4 Å². The van der Waals surface area contributed by atoms with Gasteiger partial charge in [-0.15, -0.1) is 0 Å². The van der Waals surface area contributed by atoms with E-state index in [4.69, 9.17) is 4.74 Å². The first kappa shape index (κ1) is 20.0. The van der Waals surface area contributed by atoms with Crippen LogP contribution in [0.2, 0.25) is 0 Å². The molecule has 26 heavy (non-hydrogen) atoms.